The van der Waals surface area contributed by atoms with E-state index in [0.29, 0.717) is 63.8 Å². The molecule has 4 aromatic carbocycles. The molecule has 10 aromatic rings. The van der Waals surface area contributed by atoms with Crippen LogP contribution in [0, 0.1) is 127 Å². The molecule has 0 unspecified atom stereocenters. The van der Waals surface area contributed by atoms with Gasteiger partial charge in [0.2, 0.25) is 33.6 Å². The van der Waals surface area contributed by atoms with Crippen LogP contribution < -0.4 is 84.1 Å². The predicted molar refractivity (Wildman–Crippen MR) is 444 cm³/mol. The van der Waals surface area contributed by atoms with E-state index in [0.717, 1.165) is 55.2 Å². The Labute approximate surface area is 782 Å². The molecule has 2 amide bonds. The first-order valence-corrected chi connectivity index (χ1v) is 37.3. The Hall–Kier alpha value is -12.4. The summed E-state index contributed by atoms with van der Waals surface area (Å²) in [4.78, 5) is 114. The van der Waals surface area contributed by atoms with Crippen molar-refractivity contribution in [1.82, 2.24) is 59.4 Å². The number of fused-ring (bicyclic) bond motifs is 1. The number of imidazole rings is 1. The van der Waals surface area contributed by atoms with Gasteiger partial charge in [-0.1, -0.05) is 17.0 Å². The van der Waals surface area contributed by atoms with Gasteiger partial charge in [0.05, 0.1) is 69.8 Å². The molecule has 0 aliphatic heterocycles. The second-order valence-electron chi connectivity index (χ2n) is 23.1. The first-order chi connectivity index (χ1) is 58.4. The van der Waals surface area contributed by atoms with Gasteiger partial charge in [-0.25, -0.2) is 67.3 Å². The van der Waals surface area contributed by atoms with Gasteiger partial charge < -0.3 is 63.5 Å². The number of thioether (sulfide) groups is 4. The molecule has 9 N–H and O–H groups in total. The number of thiocyanates is 5. The number of benzene rings is 4. The SMILES string of the molecule is CC(C)(C)OC(=O)Nc1ccc(F)cc1N.CC(C)(C)OC(=O)Nc1ccc(F)cc1Nc1ncc([N+](=O)[O-])c(SC#N)n1.CCO.COC(OC)OC.N#CSc1nc(-n2cnc3ccc(F)cc32)ncc1[N+](=O)[O-].N#CSc1nc(Cl)ncc1[N+](=O)[O-].N#CSc1nc(Nc2cc(F)ccc2N)ncc1[N+](=O)[O-].N#C[S-].O=[N+]([O-])c1cnc(Cl)nc1Cl.[K+]. The summed E-state index contributed by atoms with van der Waals surface area (Å²) in [5.41, 5.74) is 10.2. The zero-order chi connectivity index (χ0) is 93.7. The fraction of sp³-hybridized carbons (Fsp3) is 0.212. The van der Waals surface area contributed by atoms with Crippen molar-refractivity contribution in [2.45, 2.75) is 86.2 Å². The molecule has 6 aromatic heterocycles. The second-order valence-corrected chi connectivity index (χ2v) is 27.4. The minimum absolute atomic E-state index is 0. The maximum Gasteiger partial charge on any atom is 1.00 e. The molecule has 0 spiro atoms. The van der Waals surface area contributed by atoms with E-state index in [4.69, 9.17) is 87.2 Å². The maximum absolute atomic E-state index is 13.7. The van der Waals surface area contributed by atoms with E-state index >= 15 is 0 Å². The van der Waals surface area contributed by atoms with Gasteiger partial charge in [-0.15, -0.1) is 0 Å². The zero-order valence-corrected chi connectivity index (χ0v) is 75.2. The molecule has 10 rings (SSSR count). The number of anilines is 8. The number of nitriles is 5. The quantitative estimate of drug-likeness (QED) is 0.00338. The van der Waals surface area contributed by atoms with Crippen LogP contribution in [0.2, 0.25) is 15.7 Å². The number of hydrogen-bond acceptors (Lipinski definition) is 43. The number of carbonyl (C=O) groups is 2. The summed E-state index contributed by atoms with van der Waals surface area (Å²) in [6, 6.07) is 14.9. The van der Waals surface area contributed by atoms with Gasteiger partial charge in [0, 0.05) is 81.1 Å². The van der Waals surface area contributed by atoms with E-state index in [1.165, 1.54) is 86.2 Å². The van der Waals surface area contributed by atoms with Crippen LogP contribution >= 0.6 is 81.9 Å². The number of rotatable bonds is 19. The Morgan fingerprint density at radius 1 is 0.520 bits per heavy atom. The first-order valence-electron chi connectivity index (χ1n) is 32.5. The van der Waals surface area contributed by atoms with Crippen molar-refractivity contribution >= 4 is 192 Å². The number of ether oxygens (including phenoxy) is 5. The van der Waals surface area contributed by atoms with Crippen LogP contribution in [-0.4, -0.2) is 147 Å². The molecule has 652 valence electrons. The van der Waals surface area contributed by atoms with Gasteiger partial charge in [0.25, 0.3) is 6.48 Å². The van der Waals surface area contributed by atoms with Crippen molar-refractivity contribution in [2.75, 3.05) is 60.7 Å². The molecule has 0 radical (unpaired) electrons. The van der Waals surface area contributed by atoms with Gasteiger partial charge in [-0.05, 0) is 138 Å². The standard InChI is InChI=1S/C16H15FN6O4S.C12H5FN6O2S.C11H7FN6O2S.C11H15FN2O2.C5HClN4O2S.C4HCl2N3O2.C4H10O3.C2H6O.CHNS.K/c1-16(2,3)27-15(24)21-10-5-4-9(17)6-11(10)20-14-19-7-12(23(25)26)13(22-14)28-8-18;13-7-1-2-8-9(3-7)18(6-16-8)12-15-4-10(19(20)21)11(17-12)22-5-14;12-6-1-2-7(14)8(3-6)16-11-15-4-9(18(19)20)10(17-11)21-5-13;1-11(2,3)16-10(15)14-9-5-4-7(12)6-8(9)13;6-5-8-1-3(10(11)12)4(9-5)13-2-7;5-3-2(9(10)11)1-7-4(6)8-3;1-5-4(6-2)7-3;1-2-3;2-1-3;/h4-7H,1-3H3,(H,21,24)(H,19,20,22);1-4,6H;1-4H,14H2,(H,15,16,17);4-6H,13H2,1-3H3,(H,14,15);1H;1H;4H,1-3H3;3H,2H2,1H3;3H;/q;;;;;;;;;+1/p-1. The minimum Gasteiger partial charge on any atom is -0.696 e. The van der Waals surface area contributed by atoms with Crippen molar-refractivity contribution in [3.8, 4) is 33.0 Å². The van der Waals surface area contributed by atoms with Crippen LogP contribution in [0.15, 0.2) is 130 Å². The molecule has 6 heterocycles. The summed E-state index contributed by atoms with van der Waals surface area (Å²) in [5, 5.41) is 120. The first kappa shape index (κ1) is 111. The van der Waals surface area contributed by atoms with Crippen LogP contribution in [0.1, 0.15) is 48.5 Å². The molecule has 46 nitrogen and oxygen atoms in total. The van der Waals surface area contributed by atoms with Gasteiger partial charge in [-0.2, -0.15) is 41.0 Å². The number of halogens is 7. The van der Waals surface area contributed by atoms with Crippen molar-refractivity contribution in [3.63, 3.8) is 0 Å². The predicted octanol–water partition coefficient (Wildman–Crippen LogP) is 12.3. The molecular weight excluding hydrogens is 1850 g/mol. The summed E-state index contributed by atoms with van der Waals surface area (Å²) in [6.45, 7) is 11.7. The van der Waals surface area contributed by atoms with Gasteiger partial charge in [0.1, 0.15) is 93.4 Å². The maximum atomic E-state index is 13.7. The number of methoxy groups -OCH3 is 3. The largest absolute Gasteiger partial charge is 1.00 e. The molecule has 0 bridgehead atoms. The number of aliphatic hydroxyl groups excluding tert-OH is 1. The molecule has 0 saturated heterocycles. The van der Waals surface area contributed by atoms with Crippen LogP contribution in [0.4, 0.5) is 102 Å². The number of nitrogen functional groups attached to an aromatic ring is 2. The monoisotopic (exact) mass is 1910 g/mol. The number of nitrogens with zero attached hydrogens (tertiary/aromatic N) is 22. The third kappa shape index (κ3) is 40.7. The number of nitrogens with two attached hydrogens (primary N) is 2. The summed E-state index contributed by atoms with van der Waals surface area (Å²) < 4.78 is 78.3. The number of hydrogen-bond donors (Lipinski definition) is 7. The molecule has 0 fully saturated rings. The van der Waals surface area contributed by atoms with E-state index in [1.807, 2.05) is 0 Å². The van der Waals surface area contributed by atoms with Crippen LogP contribution in [-0.2, 0) is 36.3 Å². The van der Waals surface area contributed by atoms with Crippen molar-refractivity contribution in [3.05, 3.63) is 200 Å². The molecular formula is C66H60Cl3F4KN28O18S5. The van der Waals surface area contributed by atoms with Crippen LogP contribution in [0.3, 0.4) is 0 Å². The second kappa shape index (κ2) is 56.4. The summed E-state index contributed by atoms with van der Waals surface area (Å²) >= 11 is 21.9. The number of nitrogens with one attached hydrogen (secondary N) is 4. The van der Waals surface area contributed by atoms with E-state index in [1.54, 1.807) is 70.1 Å². The van der Waals surface area contributed by atoms with E-state index in [2.05, 4.69) is 103 Å². The van der Waals surface area contributed by atoms with Gasteiger partial charge >= 0.3 is 92.0 Å². The summed E-state index contributed by atoms with van der Waals surface area (Å²) in [6.07, 6.45) is 4.82. The Bertz CT molecular complexity index is 5640. The van der Waals surface area contributed by atoms with Crippen LogP contribution in [0.5, 0.6) is 0 Å². The fourth-order valence-electron chi connectivity index (χ4n) is 7.59. The van der Waals surface area contributed by atoms with Crippen LogP contribution in [0.25, 0.3) is 17.0 Å². The summed E-state index contributed by atoms with van der Waals surface area (Å²) in [5.74, 6) is -2.12. The number of carbonyl (C=O) groups excluding carboxylic acids is 2. The fourth-order valence-corrected chi connectivity index (χ4v) is 9.94. The molecule has 0 aliphatic carbocycles. The average Bonchev–Trinajstić information content (AvgIpc) is 1.66. The number of aliphatic hydroxyl groups is 1. The van der Waals surface area contributed by atoms with E-state index < -0.39 is 83.4 Å². The zero-order valence-electron chi connectivity index (χ0n) is 65.7. The minimum atomic E-state index is -0.757. The molecule has 0 aliphatic rings. The normalized spacial score (nSPS) is 9.90. The Morgan fingerprint density at radius 3 is 1.28 bits per heavy atom. The van der Waals surface area contributed by atoms with Gasteiger partial charge in [0.15, 0.2) is 20.1 Å². The van der Waals surface area contributed by atoms with E-state index in [9.17, 15) is 77.7 Å². The number of nitro groups is 5. The average molecular weight is 1920 g/mol. The molecule has 59 heteroatoms. The van der Waals surface area contributed by atoms with Gasteiger partial charge in [-0.3, -0.25) is 65.8 Å². The number of aromatic nitrogens is 12. The number of amides is 2. The third-order valence-corrected chi connectivity index (χ3v) is 15.2. The topological polar surface area (TPSA) is 682 Å². The summed E-state index contributed by atoms with van der Waals surface area (Å²) in [7, 11) is 4.53. The van der Waals surface area contributed by atoms with E-state index in [-0.39, 0.29) is 163 Å². The van der Waals surface area contributed by atoms with Crippen molar-refractivity contribution in [1.29, 1.82) is 26.3 Å². The Morgan fingerprint density at radius 2 is 0.872 bits per heavy atom. The van der Waals surface area contributed by atoms with Crippen molar-refractivity contribution in [2.24, 2.45) is 0 Å². The molecule has 125 heavy (non-hydrogen) atoms. The smallest absolute Gasteiger partial charge is 0.696 e. The molecule has 0 saturated carbocycles. The Kier molecular flexibility index (Phi) is 49.9. The Balaban J connectivity index is 0.000000742. The van der Waals surface area contributed by atoms with Crippen molar-refractivity contribution < 1.29 is 132 Å². The third-order valence-electron chi connectivity index (χ3n) is 12.2. The molecule has 0 atom stereocenters.